The Morgan fingerprint density at radius 3 is 2.41 bits per heavy atom. The first-order valence-electron chi connectivity index (χ1n) is 13.4. The molecule has 1 N–H and O–H groups in total. The Morgan fingerprint density at radius 2 is 1.66 bits per heavy atom. The van der Waals surface area contributed by atoms with Crippen LogP contribution in [0.1, 0.15) is 22.1 Å². The lowest BCUT2D eigenvalue weighted by Crippen LogP contribution is -2.33. The van der Waals surface area contributed by atoms with E-state index < -0.39 is 57.1 Å². The summed E-state index contributed by atoms with van der Waals surface area (Å²) in [6, 6.07) is 20.6. The number of benzene rings is 3. The number of anilines is 2. The number of para-hydroxylation sites is 1. The van der Waals surface area contributed by atoms with Crippen molar-refractivity contribution in [3.05, 3.63) is 111 Å². The normalized spacial score (nSPS) is 19.7. The number of carbonyl (C=O) groups is 3. The third kappa shape index (κ3) is 4.63. The molecule has 13 heteroatoms. The Bertz CT molecular complexity index is 2020. The second-order valence-electron chi connectivity index (χ2n) is 10.3. The molecule has 1 fully saturated rings. The van der Waals surface area contributed by atoms with Crippen molar-refractivity contribution in [1.29, 1.82) is 0 Å². The van der Waals surface area contributed by atoms with Crippen molar-refractivity contribution >= 4 is 63.0 Å². The maximum Gasteiger partial charge on any atom is 0.418 e. The minimum absolute atomic E-state index is 0.280. The number of thioether (sulfide) groups is 1. The summed E-state index contributed by atoms with van der Waals surface area (Å²) in [4.78, 5) is 54.5. The van der Waals surface area contributed by atoms with Crippen molar-refractivity contribution in [3.63, 3.8) is 0 Å². The van der Waals surface area contributed by atoms with Gasteiger partial charge in [0, 0.05) is 5.69 Å². The van der Waals surface area contributed by atoms with Crippen LogP contribution < -0.4 is 15.1 Å². The SMILES string of the molecule is O=C(Cn1c2c(sc1=O)[C@H](c1ccco1)C1C(=O)N(c3ccccc3C(F)(F)F)C(=O)C1S2)Nc1ccc2ccccc2c1. The number of amides is 3. The van der Waals surface area contributed by atoms with E-state index in [1.54, 1.807) is 18.2 Å². The number of fused-ring (bicyclic) bond motifs is 3. The zero-order valence-electron chi connectivity index (χ0n) is 22.4. The zero-order chi connectivity index (χ0) is 30.7. The Balaban J connectivity index is 1.25. The first-order valence-corrected chi connectivity index (χ1v) is 15.1. The first-order chi connectivity index (χ1) is 21.1. The number of halogens is 3. The lowest BCUT2D eigenvalue weighted by molar-refractivity contribution is -0.137. The molecule has 2 aliphatic rings. The van der Waals surface area contributed by atoms with Gasteiger partial charge in [-0.05, 0) is 47.2 Å². The lowest BCUT2D eigenvalue weighted by Gasteiger charge is -2.29. The van der Waals surface area contributed by atoms with Crippen molar-refractivity contribution in [2.45, 2.75) is 28.9 Å². The fourth-order valence-corrected chi connectivity index (χ4v) is 8.54. The van der Waals surface area contributed by atoms with E-state index in [0.717, 1.165) is 46.0 Å². The Labute approximate surface area is 255 Å². The lowest BCUT2D eigenvalue weighted by atomic mass is 9.86. The summed E-state index contributed by atoms with van der Waals surface area (Å²) in [6.07, 6.45) is -3.43. The van der Waals surface area contributed by atoms with Crippen LogP contribution in [0, 0.1) is 5.92 Å². The number of imide groups is 1. The number of nitrogens with zero attached hydrogens (tertiary/aromatic N) is 2. The highest BCUT2D eigenvalue weighted by molar-refractivity contribution is 8.00. The van der Waals surface area contributed by atoms with Gasteiger partial charge in [0.05, 0.1) is 39.3 Å². The molecule has 7 rings (SSSR count). The molecule has 1 saturated heterocycles. The number of aromatic nitrogens is 1. The molecule has 0 spiro atoms. The molecule has 3 amide bonds. The van der Waals surface area contributed by atoms with Gasteiger partial charge in [-0.1, -0.05) is 65.6 Å². The van der Waals surface area contributed by atoms with E-state index in [4.69, 9.17) is 4.42 Å². The Morgan fingerprint density at radius 1 is 0.909 bits per heavy atom. The molecule has 44 heavy (non-hydrogen) atoms. The number of rotatable bonds is 5. The molecule has 2 unspecified atom stereocenters. The second-order valence-corrected chi connectivity index (χ2v) is 12.4. The number of hydrogen-bond acceptors (Lipinski definition) is 7. The highest BCUT2D eigenvalue weighted by atomic mass is 32.2. The van der Waals surface area contributed by atoms with Crippen LogP contribution >= 0.6 is 23.1 Å². The predicted octanol–water partition coefficient (Wildman–Crippen LogP) is 6.11. The van der Waals surface area contributed by atoms with E-state index in [9.17, 15) is 32.3 Å². The summed E-state index contributed by atoms with van der Waals surface area (Å²) in [6.45, 7) is -0.379. The fraction of sp³-hybridized carbons (Fsp3) is 0.161. The van der Waals surface area contributed by atoms with Crippen LogP contribution in [-0.2, 0) is 27.1 Å². The van der Waals surface area contributed by atoms with E-state index in [-0.39, 0.29) is 12.3 Å². The number of carbonyl (C=O) groups excluding carboxylic acids is 3. The van der Waals surface area contributed by atoms with Gasteiger partial charge in [-0.25, -0.2) is 4.90 Å². The molecule has 2 aliphatic heterocycles. The third-order valence-corrected chi connectivity index (χ3v) is 10.3. The van der Waals surface area contributed by atoms with Gasteiger partial charge < -0.3 is 9.73 Å². The largest absolute Gasteiger partial charge is 0.469 e. The van der Waals surface area contributed by atoms with Crippen LogP contribution in [0.15, 0.2) is 99.4 Å². The van der Waals surface area contributed by atoms with Crippen LogP contribution in [-0.4, -0.2) is 27.5 Å². The highest BCUT2D eigenvalue weighted by Crippen LogP contribution is 2.54. The van der Waals surface area contributed by atoms with Crippen molar-refractivity contribution in [2.24, 2.45) is 5.92 Å². The van der Waals surface area contributed by atoms with E-state index in [0.29, 0.717) is 20.5 Å². The topological polar surface area (TPSA) is 102 Å². The van der Waals surface area contributed by atoms with Crippen molar-refractivity contribution in [1.82, 2.24) is 4.57 Å². The van der Waals surface area contributed by atoms with Gasteiger partial charge in [0.2, 0.25) is 17.7 Å². The smallest absolute Gasteiger partial charge is 0.418 e. The minimum atomic E-state index is -4.81. The summed E-state index contributed by atoms with van der Waals surface area (Å²) in [5, 5.41) is 3.84. The summed E-state index contributed by atoms with van der Waals surface area (Å²) in [5.74, 6) is -3.93. The molecule has 0 radical (unpaired) electrons. The molecule has 222 valence electrons. The van der Waals surface area contributed by atoms with Crippen LogP contribution in [0.4, 0.5) is 24.5 Å². The number of alkyl halides is 3. The van der Waals surface area contributed by atoms with Crippen LogP contribution in [0.5, 0.6) is 0 Å². The second kappa shape index (κ2) is 10.5. The van der Waals surface area contributed by atoms with Gasteiger partial charge in [0.25, 0.3) is 0 Å². The first kappa shape index (κ1) is 28.2. The van der Waals surface area contributed by atoms with Gasteiger partial charge in [0.1, 0.15) is 17.6 Å². The van der Waals surface area contributed by atoms with Crippen LogP contribution in [0.2, 0.25) is 0 Å². The van der Waals surface area contributed by atoms with Crippen molar-refractivity contribution in [3.8, 4) is 0 Å². The monoisotopic (exact) mass is 635 g/mol. The van der Waals surface area contributed by atoms with E-state index >= 15 is 0 Å². The minimum Gasteiger partial charge on any atom is -0.469 e. The molecule has 0 saturated carbocycles. The number of nitrogens with one attached hydrogen (secondary N) is 1. The molecule has 8 nitrogen and oxygen atoms in total. The van der Waals surface area contributed by atoms with Crippen LogP contribution in [0.3, 0.4) is 0 Å². The van der Waals surface area contributed by atoms with Gasteiger partial charge >= 0.3 is 11.0 Å². The maximum atomic E-state index is 13.9. The molecule has 5 aromatic rings. The molecule has 0 bridgehead atoms. The van der Waals surface area contributed by atoms with Gasteiger partial charge in [0.15, 0.2) is 0 Å². The van der Waals surface area contributed by atoms with Gasteiger partial charge in [-0.2, -0.15) is 13.2 Å². The Kier molecular flexibility index (Phi) is 6.74. The standard InChI is InChI=1S/C31H20F3N3O5S2/c32-31(33,34)19-8-3-4-9-20(19)37-27(39)24-23(21-10-5-13-42-21)26-29(43-25(24)28(37)40)36(30(41)44-26)15-22(38)35-18-12-11-16-6-1-2-7-17(16)14-18/h1-14,23-25H,15H2,(H,35,38)/t23-,24?,25?/m1/s1. The number of hydrogen-bond donors (Lipinski definition) is 1. The molecular weight excluding hydrogens is 615 g/mol. The summed E-state index contributed by atoms with van der Waals surface area (Å²) in [7, 11) is 0. The zero-order valence-corrected chi connectivity index (χ0v) is 24.0. The molecule has 4 heterocycles. The molecule has 3 aromatic carbocycles. The fourth-order valence-electron chi connectivity index (χ4n) is 5.79. The van der Waals surface area contributed by atoms with Gasteiger partial charge in [-0.15, -0.1) is 0 Å². The summed E-state index contributed by atoms with van der Waals surface area (Å²) >= 11 is 1.72. The van der Waals surface area contributed by atoms with E-state index in [1.165, 1.54) is 23.0 Å². The quantitative estimate of drug-likeness (QED) is 0.234. The van der Waals surface area contributed by atoms with Gasteiger partial charge in [-0.3, -0.25) is 23.7 Å². The van der Waals surface area contributed by atoms with E-state index in [2.05, 4.69) is 5.32 Å². The molecule has 3 atom stereocenters. The average Bonchev–Trinajstić information content (AvgIpc) is 3.69. The Hall–Kier alpha value is -4.62. The summed E-state index contributed by atoms with van der Waals surface area (Å²) < 4.78 is 48.6. The number of furan rings is 1. The van der Waals surface area contributed by atoms with Crippen molar-refractivity contribution in [2.75, 3.05) is 10.2 Å². The van der Waals surface area contributed by atoms with Crippen molar-refractivity contribution < 1.29 is 32.0 Å². The maximum absolute atomic E-state index is 13.9. The van der Waals surface area contributed by atoms with Crippen LogP contribution in [0.25, 0.3) is 10.8 Å². The third-order valence-electron chi connectivity index (χ3n) is 7.68. The highest BCUT2D eigenvalue weighted by Gasteiger charge is 2.58. The molecular formula is C31H20F3N3O5S2. The molecule has 0 aliphatic carbocycles. The predicted molar refractivity (Wildman–Crippen MR) is 159 cm³/mol. The average molecular weight is 636 g/mol. The molecule has 2 aromatic heterocycles. The number of thiazole rings is 1. The summed E-state index contributed by atoms with van der Waals surface area (Å²) in [5.41, 5.74) is -1.14. The van der Waals surface area contributed by atoms with E-state index in [1.807, 2.05) is 36.4 Å².